The maximum atomic E-state index is 2.34. The van der Waals surface area contributed by atoms with Gasteiger partial charge in [-0.1, -0.05) is 39.8 Å². The number of benzene rings is 1. The number of pyridine rings is 1. The number of hydrogen-bond acceptors (Lipinski definition) is 0. The SMILES string of the molecule is Cc1cc(CC(C)C)ccc1-c1ccc(C(C)C)c[n+]1C. The first-order valence-electron chi connectivity index (χ1n) is 7.98. The van der Waals surface area contributed by atoms with Gasteiger partial charge in [-0.2, -0.15) is 0 Å². The van der Waals surface area contributed by atoms with Gasteiger partial charge in [0.05, 0.1) is 0 Å². The summed E-state index contributed by atoms with van der Waals surface area (Å²) in [6.45, 7) is 11.2. The molecule has 0 saturated carbocycles. The summed E-state index contributed by atoms with van der Waals surface area (Å²) in [5, 5.41) is 0. The van der Waals surface area contributed by atoms with Crippen LogP contribution in [0.4, 0.5) is 0 Å². The zero-order valence-corrected chi connectivity index (χ0v) is 14.3. The van der Waals surface area contributed by atoms with Crippen molar-refractivity contribution in [1.29, 1.82) is 0 Å². The number of aryl methyl sites for hydroxylation is 2. The molecule has 0 radical (unpaired) electrons. The molecule has 0 aliphatic carbocycles. The summed E-state index contributed by atoms with van der Waals surface area (Å²) in [4.78, 5) is 0. The molecule has 0 saturated heterocycles. The lowest BCUT2D eigenvalue weighted by molar-refractivity contribution is -0.660. The van der Waals surface area contributed by atoms with Gasteiger partial charge in [0, 0.05) is 17.2 Å². The Hall–Kier alpha value is -1.63. The minimum atomic E-state index is 0.569. The highest BCUT2D eigenvalue weighted by molar-refractivity contribution is 5.61. The van der Waals surface area contributed by atoms with Crippen LogP contribution in [-0.2, 0) is 13.5 Å². The van der Waals surface area contributed by atoms with Crippen LogP contribution in [0.15, 0.2) is 36.5 Å². The second-order valence-electron chi connectivity index (χ2n) is 6.86. The van der Waals surface area contributed by atoms with E-state index in [4.69, 9.17) is 0 Å². The van der Waals surface area contributed by atoms with Gasteiger partial charge in [0.25, 0.3) is 0 Å². The van der Waals surface area contributed by atoms with E-state index in [0.717, 1.165) is 6.42 Å². The van der Waals surface area contributed by atoms with Crippen molar-refractivity contribution in [3.63, 3.8) is 0 Å². The molecule has 1 heterocycles. The van der Waals surface area contributed by atoms with Crippen molar-refractivity contribution in [3.8, 4) is 11.3 Å². The van der Waals surface area contributed by atoms with Gasteiger partial charge in [0.2, 0.25) is 5.69 Å². The summed E-state index contributed by atoms with van der Waals surface area (Å²) in [6.07, 6.45) is 3.40. The monoisotopic (exact) mass is 282 g/mol. The second kappa shape index (κ2) is 6.43. The van der Waals surface area contributed by atoms with Crippen molar-refractivity contribution in [2.75, 3.05) is 0 Å². The molecule has 0 aliphatic rings. The van der Waals surface area contributed by atoms with E-state index in [1.807, 2.05) is 0 Å². The van der Waals surface area contributed by atoms with E-state index in [1.54, 1.807) is 0 Å². The van der Waals surface area contributed by atoms with Crippen LogP contribution < -0.4 is 4.57 Å². The first-order chi connectivity index (χ1) is 9.88. The Morgan fingerprint density at radius 1 is 1.00 bits per heavy atom. The highest BCUT2D eigenvalue weighted by atomic mass is 14.9. The van der Waals surface area contributed by atoms with Crippen LogP contribution in [0.2, 0.25) is 0 Å². The lowest BCUT2D eigenvalue weighted by Crippen LogP contribution is -2.31. The van der Waals surface area contributed by atoms with Crippen molar-refractivity contribution in [2.45, 2.75) is 47.0 Å². The predicted octanol–water partition coefficient (Wildman–Crippen LogP) is 4.81. The second-order valence-corrected chi connectivity index (χ2v) is 6.86. The fourth-order valence-corrected chi connectivity index (χ4v) is 2.86. The molecule has 0 unspecified atom stereocenters. The van der Waals surface area contributed by atoms with Gasteiger partial charge >= 0.3 is 0 Å². The van der Waals surface area contributed by atoms with Gasteiger partial charge in [0.15, 0.2) is 6.20 Å². The van der Waals surface area contributed by atoms with Gasteiger partial charge in [0.1, 0.15) is 7.05 Å². The van der Waals surface area contributed by atoms with Crippen LogP contribution in [0.5, 0.6) is 0 Å². The summed E-state index contributed by atoms with van der Waals surface area (Å²) >= 11 is 0. The van der Waals surface area contributed by atoms with Crippen LogP contribution in [0.3, 0.4) is 0 Å². The van der Waals surface area contributed by atoms with E-state index < -0.39 is 0 Å². The van der Waals surface area contributed by atoms with Crippen molar-refractivity contribution < 1.29 is 4.57 Å². The van der Waals surface area contributed by atoms with Crippen LogP contribution in [-0.4, -0.2) is 0 Å². The zero-order valence-electron chi connectivity index (χ0n) is 14.3. The lowest BCUT2D eigenvalue weighted by atomic mass is 9.96. The molecule has 0 spiro atoms. The Morgan fingerprint density at radius 2 is 1.71 bits per heavy atom. The van der Waals surface area contributed by atoms with Gasteiger partial charge in [-0.25, -0.2) is 4.57 Å². The fourth-order valence-electron chi connectivity index (χ4n) is 2.86. The Morgan fingerprint density at radius 3 is 2.24 bits per heavy atom. The minimum Gasteiger partial charge on any atom is -0.201 e. The summed E-state index contributed by atoms with van der Waals surface area (Å²) in [5.41, 5.74) is 6.80. The normalized spacial score (nSPS) is 11.4. The van der Waals surface area contributed by atoms with Crippen molar-refractivity contribution >= 4 is 0 Å². The number of nitrogens with zero attached hydrogens (tertiary/aromatic N) is 1. The first kappa shape index (κ1) is 15.8. The Balaban J connectivity index is 2.38. The van der Waals surface area contributed by atoms with Crippen LogP contribution in [0.1, 0.15) is 50.3 Å². The summed E-state index contributed by atoms with van der Waals surface area (Å²) in [6, 6.07) is 11.4. The van der Waals surface area contributed by atoms with E-state index in [2.05, 4.69) is 82.8 Å². The molecule has 0 aliphatic heterocycles. The third-order valence-electron chi connectivity index (χ3n) is 4.03. The molecule has 2 rings (SSSR count). The van der Waals surface area contributed by atoms with Crippen LogP contribution in [0, 0.1) is 12.8 Å². The highest BCUT2D eigenvalue weighted by Gasteiger charge is 2.14. The molecule has 0 N–H and O–H groups in total. The third kappa shape index (κ3) is 3.72. The molecule has 21 heavy (non-hydrogen) atoms. The summed E-state index contributed by atoms with van der Waals surface area (Å²) in [7, 11) is 2.14. The van der Waals surface area contributed by atoms with Crippen LogP contribution in [0.25, 0.3) is 11.3 Å². The lowest BCUT2D eigenvalue weighted by Gasteiger charge is -2.10. The number of hydrogen-bond donors (Lipinski definition) is 0. The molecule has 2 aromatic rings. The molecule has 112 valence electrons. The topological polar surface area (TPSA) is 3.88 Å². The molecule has 0 amide bonds. The van der Waals surface area contributed by atoms with E-state index in [0.29, 0.717) is 11.8 Å². The molecule has 1 heteroatoms. The van der Waals surface area contributed by atoms with Gasteiger partial charge in [-0.3, -0.25) is 0 Å². The minimum absolute atomic E-state index is 0.569. The van der Waals surface area contributed by atoms with E-state index in [-0.39, 0.29) is 0 Å². The quantitative estimate of drug-likeness (QED) is 0.709. The average Bonchev–Trinajstić information content (AvgIpc) is 2.38. The smallest absolute Gasteiger partial charge is 0.201 e. The Kier molecular flexibility index (Phi) is 4.82. The molecular weight excluding hydrogens is 254 g/mol. The molecule has 1 nitrogen and oxygen atoms in total. The Labute approximate surface area is 129 Å². The number of rotatable bonds is 4. The molecule has 1 aromatic carbocycles. The zero-order chi connectivity index (χ0) is 15.6. The summed E-state index contributed by atoms with van der Waals surface area (Å²) < 4.78 is 2.25. The largest absolute Gasteiger partial charge is 0.212 e. The van der Waals surface area contributed by atoms with E-state index in [9.17, 15) is 0 Å². The molecular formula is C20H28N+. The Bertz CT molecular complexity index is 624. The third-order valence-corrected chi connectivity index (χ3v) is 4.03. The first-order valence-corrected chi connectivity index (χ1v) is 7.98. The van der Waals surface area contributed by atoms with Gasteiger partial charge in [-0.15, -0.1) is 0 Å². The summed E-state index contributed by atoms with van der Waals surface area (Å²) in [5.74, 6) is 1.27. The van der Waals surface area contributed by atoms with Gasteiger partial charge < -0.3 is 0 Å². The van der Waals surface area contributed by atoms with E-state index in [1.165, 1.54) is 27.9 Å². The molecule has 0 atom stereocenters. The average molecular weight is 282 g/mol. The fraction of sp³-hybridized carbons (Fsp3) is 0.450. The molecule has 1 aromatic heterocycles. The van der Waals surface area contributed by atoms with E-state index >= 15 is 0 Å². The predicted molar refractivity (Wildman–Crippen MR) is 90.4 cm³/mol. The molecule has 0 fully saturated rings. The molecule has 0 bridgehead atoms. The highest BCUT2D eigenvalue weighted by Crippen LogP contribution is 2.24. The maximum absolute atomic E-state index is 2.34. The van der Waals surface area contributed by atoms with Crippen molar-refractivity contribution in [2.24, 2.45) is 13.0 Å². The van der Waals surface area contributed by atoms with Crippen molar-refractivity contribution in [1.82, 2.24) is 0 Å². The van der Waals surface area contributed by atoms with Crippen LogP contribution >= 0.6 is 0 Å². The van der Waals surface area contributed by atoms with Gasteiger partial charge in [-0.05, 0) is 48.4 Å². The van der Waals surface area contributed by atoms with Crippen molar-refractivity contribution in [3.05, 3.63) is 53.2 Å². The maximum Gasteiger partial charge on any atom is 0.212 e. The standard InChI is InChI=1S/C20H28N/c1-14(2)11-17-7-9-19(16(5)12-17)20-10-8-18(15(3)4)13-21(20)6/h7-10,12-15H,11H2,1-6H3/q+1. The number of aromatic nitrogens is 1.